The van der Waals surface area contributed by atoms with Crippen molar-refractivity contribution in [2.24, 2.45) is 0 Å². The average molecular weight is 344 g/mol. The molecule has 24 heavy (non-hydrogen) atoms. The maximum atomic E-state index is 5.77. The van der Waals surface area contributed by atoms with Gasteiger partial charge < -0.3 is 4.74 Å². The van der Waals surface area contributed by atoms with Gasteiger partial charge in [-0.1, -0.05) is 25.1 Å². The third kappa shape index (κ3) is 3.18. The Morgan fingerprint density at radius 1 is 1.25 bits per heavy atom. The molecule has 0 amide bonds. The zero-order chi connectivity index (χ0) is 16.5. The molecule has 0 bridgehead atoms. The highest BCUT2D eigenvalue weighted by Crippen LogP contribution is 2.40. The second kappa shape index (κ2) is 6.78. The molecular weight excluding hydrogens is 320 g/mol. The summed E-state index contributed by atoms with van der Waals surface area (Å²) in [6, 6.07) is 10.4. The monoisotopic (exact) mass is 344 g/mol. The van der Waals surface area contributed by atoms with Crippen molar-refractivity contribution in [3.8, 4) is 5.69 Å². The molecule has 1 aliphatic heterocycles. The Hall–Kier alpha value is -1.50. The second-order valence-electron chi connectivity index (χ2n) is 6.71. The summed E-state index contributed by atoms with van der Waals surface area (Å²) >= 11 is 5.77. The number of nitrogens with zero attached hydrogens (tertiary/aromatic N) is 4. The predicted molar refractivity (Wildman–Crippen MR) is 96.0 cm³/mol. The molecule has 1 aromatic carbocycles. The van der Waals surface area contributed by atoms with Gasteiger partial charge in [-0.25, -0.2) is 4.68 Å². The summed E-state index contributed by atoms with van der Waals surface area (Å²) in [5, 5.41) is 4.89. The summed E-state index contributed by atoms with van der Waals surface area (Å²) < 4.78 is 10.7. The molecule has 1 saturated carbocycles. The van der Waals surface area contributed by atoms with Crippen LogP contribution in [0.3, 0.4) is 0 Å². The molecule has 1 saturated heterocycles. The van der Waals surface area contributed by atoms with E-state index in [2.05, 4.69) is 40.7 Å². The quantitative estimate of drug-likeness (QED) is 0.779. The van der Waals surface area contributed by atoms with Crippen molar-refractivity contribution in [3.05, 3.63) is 40.9 Å². The highest BCUT2D eigenvalue weighted by Gasteiger charge is 2.31. The molecule has 2 aliphatic rings. The van der Waals surface area contributed by atoms with Crippen LogP contribution in [-0.4, -0.2) is 45.0 Å². The summed E-state index contributed by atoms with van der Waals surface area (Å²) in [7, 11) is 0. The van der Waals surface area contributed by atoms with Crippen molar-refractivity contribution in [2.75, 3.05) is 19.7 Å². The highest BCUT2D eigenvalue weighted by atomic mass is 32.1. The van der Waals surface area contributed by atoms with Crippen molar-refractivity contribution in [3.63, 3.8) is 0 Å². The number of aromatic nitrogens is 3. The van der Waals surface area contributed by atoms with Crippen LogP contribution in [0.25, 0.3) is 5.69 Å². The molecule has 0 N–H and O–H groups in total. The Morgan fingerprint density at radius 2 is 2.04 bits per heavy atom. The second-order valence-corrected chi connectivity index (χ2v) is 7.07. The number of hydrogen-bond donors (Lipinski definition) is 0. The van der Waals surface area contributed by atoms with Gasteiger partial charge in [0.1, 0.15) is 5.82 Å². The Bertz CT molecular complexity index is 750. The number of benzene rings is 1. The molecule has 6 heteroatoms. The third-order valence-corrected chi connectivity index (χ3v) is 5.23. The largest absolute Gasteiger partial charge is 0.376 e. The molecular formula is C18H24N4OS. The van der Waals surface area contributed by atoms with Crippen LogP contribution < -0.4 is 0 Å². The summed E-state index contributed by atoms with van der Waals surface area (Å²) in [5.41, 5.74) is 1.11. The van der Waals surface area contributed by atoms with Gasteiger partial charge in [-0.15, -0.1) is 0 Å². The first-order valence-electron chi connectivity index (χ1n) is 8.85. The fourth-order valence-corrected chi connectivity index (χ4v) is 3.59. The first kappa shape index (κ1) is 16.0. The van der Waals surface area contributed by atoms with Crippen molar-refractivity contribution in [2.45, 2.75) is 44.9 Å². The molecule has 2 fully saturated rings. The van der Waals surface area contributed by atoms with Gasteiger partial charge in [0, 0.05) is 24.7 Å². The molecule has 1 aliphatic carbocycles. The fraction of sp³-hybridized carbons (Fsp3) is 0.556. The maximum absolute atomic E-state index is 5.77. The van der Waals surface area contributed by atoms with Gasteiger partial charge in [0.15, 0.2) is 0 Å². The van der Waals surface area contributed by atoms with Gasteiger partial charge in [0.2, 0.25) is 4.77 Å². The van der Waals surface area contributed by atoms with E-state index in [0.29, 0.717) is 12.0 Å². The number of morpholine rings is 1. The average Bonchev–Trinajstić information content (AvgIpc) is 3.41. The first-order chi connectivity index (χ1) is 11.8. The van der Waals surface area contributed by atoms with E-state index in [0.717, 1.165) is 49.1 Å². The van der Waals surface area contributed by atoms with Gasteiger partial charge in [-0.2, -0.15) is 5.10 Å². The Kier molecular flexibility index (Phi) is 4.52. The summed E-state index contributed by atoms with van der Waals surface area (Å²) in [6.07, 6.45) is 3.81. The highest BCUT2D eigenvalue weighted by molar-refractivity contribution is 7.71. The molecule has 5 nitrogen and oxygen atoms in total. The van der Waals surface area contributed by atoms with Gasteiger partial charge in [-0.3, -0.25) is 9.47 Å². The van der Waals surface area contributed by atoms with E-state index < -0.39 is 0 Å². The Morgan fingerprint density at radius 3 is 2.75 bits per heavy atom. The van der Waals surface area contributed by atoms with Gasteiger partial charge >= 0.3 is 0 Å². The van der Waals surface area contributed by atoms with Crippen LogP contribution in [-0.2, 0) is 11.4 Å². The molecule has 2 aromatic rings. The van der Waals surface area contributed by atoms with Gasteiger partial charge in [0.25, 0.3) is 0 Å². The minimum atomic E-state index is 0.326. The Labute approximate surface area is 147 Å². The lowest BCUT2D eigenvalue weighted by molar-refractivity contribution is -0.0412. The summed E-state index contributed by atoms with van der Waals surface area (Å²) in [4.78, 5) is 2.40. The van der Waals surface area contributed by atoms with Gasteiger partial charge in [0.05, 0.1) is 19.4 Å². The lowest BCUT2D eigenvalue weighted by Gasteiger charge is -2.32. The minimum absolute atomic E-state index is 0.326. The van der Waals surface area contributed by atoms with Crippen LogP contribution in [0.1, 0.15) is 37.9 Å². The lowest BCUT2D eigenvalue weighted by Crippen LogP contribution is -2.43. The zero-order valence-corrected chi connectivity index (χ0v) is 14.9. The molecule has 0 radical (unpaired) electrons. The van der Waals surface area contributed by atoms with Crippen molar-refractivity contribution in [1.29, 1.82) is 0 Å². The van der Waals surface area contributed by atoms with Crippen LogP contribution in [0.2, 0.25) is 0 Å². The molecule has 1 atom stereocenters. The smallest absolute Gasteiger partial charge is 0.203 e. The number of ether oxygens (including phenoxy) is 1. The predicted octanol–water partition coefficient (Wildman–Crippen LogP) is 3.35. The lowest BCUT2D eigenvalue weighted by atomic mass is 10.2. The van der Waals surface area contributed by atoms with E-state index >= 15 is 0 Å². The van der Waals surface area contributed by atoms with E-state index in [9.17, 15) is 0 Å². The Balaban J connectivity index is 1.64. The van der Waals surface area contributed by atoms with Crippen LogP contribution in [0.5, 0.6) is 0 Å². The SMILES string of the molecule is CC[C@@H]1CN(Cn2nc(C3CC3)n(-c3ccccc3)c2=S)CCO1. The molecule has 4 rings (SSSR count). The molecule has 0 spiro atoms. The first-order valence-corrected chi connectivity index (χ1v) is 9.26. The fourth-order valence-electron chi connectivity index (χ4n) is 3.29. The number of rotatable bonds is 5. The van der Waals surface area contributed by atoms with Crippen molar-refractivity contribution < 1.29 is 4.74 Å². The van der Waals surface area contributed by atoms with Crippen molar-refractivity contribution >= 4 is 12.2 Å². The topological polar surface area (TPSA) is 35.2 Å². The van der Waals surface area contributed by atoms with E-state index in [1.807, 2.05) is 10.7 Å². The van der Waals surface area contributed by atoms with Crippen LogP contribution in [0, 0.1) is 4.77 Å². The maximum Gasteiger partial charge on any atom is 0.203 e. The molecule has 1 aromatic heterocycles. The summed E-state index contributed by atoms with van der Waals surface area (Å²) in [6.45, 7) is 5.61. The number of para-hydroxylation sites is 1. The molecule has 0 unspecified atom stereocenters. The van der Waals surface area contributed by atoms with E-state index in [1.54, 1.807) is 0 Å². The van der Waals surface area contributed by atoms with Crippen LogP contribution >= 0.6 is 12.2 Å². The number of hydrogen-bond acceptors (Lipinski definition) is 4. The van der Waals surface area contributed by atoms with Gasteiger partial charge in [-0.05, 0) is 43.6 Å². The standard InChI is InChI=1S/C18H24N4OS/c1-2-16-12-20(10-11-23-16)13-21-18(24)22(15-6-4-3-5-7-15)17(19-21)14-8-9-14/h3-7,14,16H,2,8-13H2,1H3/t16-/m1/s1. The van der Waals surface area contributed by atoms with E-state index in [4.69, 9.17) is 22.1 Å². The minimum Gasteiger partial charge on any atom is -0.376 e. The summed E-state index contributed by atoms with van der Waals surface area (Å²) in [5.74, 6) is 1.67. The van der Waals surface area contributed by atoms with Crippen LogP contribution in [0.15, 0.2) is 30.3 Å². The normalized spacial score (nSPS) is 22.0. The van der Waals surface area contributed by atoms with E-state index in [-0.39, 0.29) is 0 Å². The third-order valence-electron chi connectivity index (χ3n) is 4.83. The van der Waals surface area contributed by atoms with E-state index in [1.165, 1.54) is 12.8 Å². The zero-order valence-electron chi connectivity index (χ0n) is 14.1. The molecule has 2 heterocycles. The van der Waals surface area contributed by atoms with Crippen LogP contribution in [0.4, 0.5) is 0 Å². The van der Waals surface area contributed by atoms with Crippen molar-refractivity contribution in [1.82, 2.24) is 19.2 Å². The molecule has 128 valence electrons.